The number of hydrogen-bond donors (Lipinski definition) is 3. The fourth-order valence-electron chi connectivity index (χ4n) is 3.85. The van der Waals surface area contributed by atoms with E-state index in [4.69, 9.17) is 0 Å². The van der Waals surface area contributed by atoms with Gasteiger partial charge in [0.05, 0.1) is 29.8 Å². The minimum absolute atomic E-state index is 0.0397. The summed E-state index contributed by atoms with van der Waals surface area (Å²) >= 11 is 0. The van der Waals surface area contributed by atoms with E-state index in [1.165, 1.54) is 0 Å². The summed E-state index contributed by atoms with van der Waals surface area (Å²) in [5.41, 5.74) is 4.64. The highest BCUT2D eigenvalue weighted by molar-refractivity contribution is 5.81. The average molecular weight is 364 g/mol. The zero-order chi connectivity index (χ0) is 19.0. The number of nitrogens with zero attached hydrogens (tertiary/aromatic N) is 2. The summed E-state index contributed by atoms with van der Waals surface area (Å²) < 4.78 is 0. The Bertz CT molecular complexity index is 956. The van der Waals surface area contributed by atoms with E-state index in [0.29, 0.717) is 19.3 Å². The minimum Gasteiger partial charge on any atom is -0.393 e. The lowest BCUT2D eigenvalue weighted by Crippen LogP contribution is -2.42. The van der Waals surface area contributed by atoms with Crippen molar-refractivity contribution in [3.05, 3.63) is 59.0 Å². The summed E-state index contributed by atoms with van der Waals surface area (Å²) in [5, 5.41) is 21.1. The monoisotopic (exact) mass is 364 g/mol. The first-order valence-electron chi connectivity index (χ1n) is 9.34. The standard InChI is InChI=1S/C21H24N4O2/c1-12-18(13(2)25-24-12)10-20(27)23-21(15-8-17(26)9-15)16-7-14-5-3-4-6-19(14)22-11-16/h3-7,11,15,17,21,26H,8-10H2,1-2H3,(H,23,27)(H,24,25)/t15?,17?,21-/m0/s1. The van der Waals surface area contributed by atoms with Crippen LogP contribution < -0.4 is 5.32 Å². The van der Waals surface area contributed by atoms with E-state index in [0.717, 1.165) is 33.4 Å². The third kappa shape index (κ3) is 3.57. The SMILES string of the molecule is Cc1n[nH]c(C)c1CC(=O)N[C@H](c1cnc2ccccc2c1)C1CC(O)C1. The number of fused-ring (bicyclic) bond motifs is 1. The van der Waals surface area contributed by atoms with Gasteiger partial charge in [-0.05, 0) is 50.3 Å². The van der Waals surface area contributed by atoms with Crippen LogP contribution in [-0.2, 0) is 11.2 Å². The van der Waals surface area contributed by atoms with E-state index >= 15 is 0 Å². The van der Waals surface area contributed by atoms with Gasteiger partial charge in [-0.3, -0.25) is 14.9 Å². The Morgan fingerprint density at radius 2 is 2.11 bits per heavy atom. The van der Waals surface area contributed by atoms with Gasteiger partial charge in [-0.2, -0.15) is 5.10 Å². The Balaban J connectivity index is 1.58. The van der Waals surface area contributed by atoms with E-state index < -0.39 is 0 Å². The smallest absolute Gasteiger partial charge is 0.225 e. The maximum absolute atomic E-state index is 12.8. The number of carbonyl (C=O) groups excluding carboxylic acids is 1. The van der Waals surface area contributed by atoms with Crippen LogP contribution in [0.1, 0.15) is 41.4 Å². The van der Waals surface area contributed by atoms with Gasteiger partial charge in [0.2, 0.25) is 5.91 Å². The van der Waals surface area contributed by atoms with Gasteiger partial charge in [-0.1, -0.05) is 18.2 Å². The maximum Gasteiger partial charge on any atom is 0.225 e. The highest BCUT2D eigenvalue weighted by Gasteiger charge is 2.36. The molecule has 2 heterocycles. The molecule has 0 saturated heterocycles. The molecule has 1 aliphatic rings. The van der Waals surface area contributed by atoms with Crippen molar-refractivity contribution in [2.24, 2.45) is 5.92 Å². The lowest BCUT2D eigenvalue weighted by atomic mass is 9.75. The van der Waals surface area contributed by atoms with E-state index in [1.807, 2.05) is 44.3 Å². The van der Waals surface area contributed by atoms with E-state index in [1.54, 1.807) is 0 Å². The molecular weight excluding hydrogens is 340 g/mol. The number of aliphatic hydroxyl groups is 1. The quantitative estimate of drug-likeness (QED) is 0.649. The maximum atomic E-state index is 12.8. The second-order valence-corrected chi connectivity index (χ2v) is 7.48. The zero-order valence-corrected chi connectivity index (χ0v) is 15.6. The molecular formula is C21H24N4O2. The van der Waals surface area contributed by atoms with Crippen LogP contribution in [0.25, 0.3) is 10.9 Å². The molecule has 1 fully saturated rings. The van der Waals surface area contributed by atoms with Gasteiger partial charge in [0.25, 0.3) is 0 Å². The molecule has 1 saturated carbocycles. The molecule has 1 aromatic carbocycles. The van der Waals surface area contributed by atoms with E-state index in [9.17, 15) is 9.90 Å². The molecule has 27 heavy (non-hydrogen) atoms. The molecule has 140 valence electrons. The number of aryl methyl sites for hydroxylation is 2. The molecule has 0 radical (unpaired) electrons. The Morgan fingerprint density at radius 1 is 1.33 bits per heavy atom. The van der Waals surface area contributed by atoms with Crippen LogP contribution in [0.3, 0.4) is 0 Å². The fourth-order valence-corrected chi connectivity index (χ4v) is 3.85. The number of para-hydroxylation sites is 1. The second-order valence-electron chi connectivity index (χ2n) is 7.48. The molecule has 4 rings (SSSR count). The number of rotatable bonds is 5. The number of hydrogen-bond acceptors (Lipinski definition) is 4. The number of H-pyrrole nitrogens is 1. The first-order chi connectivity index (χ1) is 13.0. The first-order valence-corrected chi connectivity index (χ1v) is 9.34. The first kappa shape index (κ1) is 17.7. The molecule has 2 aromatic heterocycles. The van der Waals surface area contributed by atoms with Gasteiger partial charge in [0.15, 0.2) is 0 Å². The van der Waals surface area contributed by atoms with Gasteiger partial charge in [-0.15, -0.1) is 0 Å². The summed E-state index contributed by atoms with van der Waals surface area (Å²) in [7, 11) is 0. The zero-order valence-electron chi connectivity index (χ0n) is 15.6. The highest BCUT2D eigenvalue weighted by Crippen LogP contribution is 2.38. The van der Waals surface area contributed by atoms with Gasteiger partial charge in [0, 0.05) is 22.8 Å². The molecule has 6 heteroatoms. The number of aliphatic hydroxyl groups excluding tert-OH is 1. The predicted octanol–water partition coefficient (Wildman–Crippen LogP) is 2.75. The van der Waals surface area contributed by atoms with Crippen LogP contribution in [0, 0.1) is 19.8 Å². The van der Waals surface area contributed by atoms with Crippen molar-refractivity contribution in [2.75, 3.05) is 0 Å². The normalized spacial score (nSPS) is 20.3. The van der Waals surface area contributed by atoms with Crippen LogP contribution in [0.4, 0.5) is 0 Å². The molecule has 0 unspecified atom stereocenters. The Morgan fingerprint density at radius 3 is 2.81 bits per heavy atom. The van der Waals surface area contributed by atoms with Crippen LogP contribution in [0.2, 0.25) is 0 Å². The molecule has 0 aliphatic heterocycles. The second kappa shape index (κ2) is 7.12. The van der Waals surface area contributed by atoms with E-state index in [2.05, 4.69) is 26.6 Å². The number of pyridine rings is 1. The van der Waals surface area contributed by atoms with Gasteiger partial charge >= 0.3 is 0 Å². The lowest BCUT2D eigenvalue weighted by Gasteiger charge is -2.38. The third-order valence-corrected chi connectivity index (χ3v) is 5.53. The predicted molar refractivity (Wildman–Crippen MR) is 103 cm³/mol. The largest absolute Gasteiger partial charge is 0.393 e. The van der Waals surface area contributed by atoms with E-state index in [-0.39, 0.29) is 24.0 Å². The Kier molecular flexibility index (Phi) is 4.66. The molecule has 1 amide bonds. The fraction of sp³-hybridized carbons (Fsp3) is 0.381. The molecule has 0 spiro atoms. The van der Waals surface area contributed by atoms with Gasteiger partial charge in [0.1, 0.15) is 0 Å². The number of amides is 1. The van der Waals surface area contributed by atoms with Crippen LogP contribution >= 0.6 is 0 Å². The highest BCUT2D eigenvalue weighted by atomic mass is 16.3. The minimum atomic E-state index is -0.277. The molecule has 0 bridgehead atoms. The summed E-state index contributed by atoms with van der Waals surface area (Å²) in [6.45, 7) is 3.83. The molecule has 1 atom stereocenters. The number of aromatic nitrogens is 3. The molecule has 6 nitrogen and oxygen atoms in total. The average Bonchev–Trinajstić information content (AvgIpc) is 2.95. The molecule has 3 N–H and O–H groups in total. The van der Waals surface area contributed by atoms with Gasteiger partial charge in [-0.25, -0.2) is 0 Å². The van der Waals surface area contributed by atoms with Crippen molar-refractivity contribution in [3.8, 4) is 0 Å². The Labute approximate surface area is 158 Å². The van der Waals surface area contributed by atoms with Crippen molar-refractivity contribution < 1.29 is 9.90 Å². The summed E-state index contributed by atoms with van der Waals surface area (Å²) in [6.07, 6.45) is 3.25. The topological polar surface area (TPSA) is 90.9 Å². The van der Waals surface area contributed by atoms with Crippen molar-refractivity contribution in [2.45, 2.75) is 45.3 Å². The van der Waals surface area contributed by atoms with Crippen molar-refractivity contribution in [1.82, 2.24) is 20.5 Å². The van der Waals surface area contributed by atoms with Crippen molar-refractivity contribution in [3.63, 3.8) is 0 Å². The summed E-state index contributed by atoms with van der Waals surface area (Å²) in [5.74, 6) is 0.181. The molecule has 3 aromatic rings. The van der Waals surface area contributed by atoms with Crippen molar-refractivity contribution in [1.29, 1.82) is 0 Å². The molecule has 1 aliphatic carbocycles. The van der Waals surface area contributed by atoms with Crippen LogP contribution in [0.15, 0.2) is 36.5 Å². The summed E-state index contributed by atoms with van der Waals surface area (Å²) in [6, 6.07) is 9.89. The van der Waals surface area contributed by atoms with Crippen molar-refractivity contribution >= 4 is 16.8 Å². The lowest BCUT2D eigenvalue weighted by molar-refractivity contribution is -0.122. The van der Waals surface area contributed by atoms with Crippen LogP contribution in [-0.4, -0.2) is 32.3 Å². The third-order valence-electron chi connectivity index (χ3n) is 5.53. The number of nitrogens with one attached hydrogen (secondary N) is 2. The number of aromatic amines is 1. The van der Waals surface area contributed by atoms with Gasteiger partial charge < -0.3 is 10.4 Å². The summed E-state index contributed by atoms with van der Waals surface area (Å²) in [4.78, 5) is 17.3. The number of benzene rings is 1. The Hall–Kier alpha value is -2.73. The van der Waals surface area contributed by atoms with Crippen LogP contribution in [0.5, 0.6) is 0 Å². The number of carbonyl (C=O) groups is 1.